The van der Waals surface area contributed by atoms with Crippen LogP contribution in [0.1, 0.15) is 30.9 Å². The number of benzene rings is 2. The van der Waals surface area contributed by atoms with Crippen molar-refractivity contribution in [3.63, 3.8) is 0 Å². The number of methoxy groups -OCH3 is 1. The molecule has 2 heterocycles. The lowest BCUT2D eigenvalue weighted by Crippen LogP contribution is -2.59. The van der Waals surface area contributed by atoms with Gasteiger partial charge in [-0.25, -0.2) is 0 Å². The molecule has 2 saturated heterocycles. The minimum atomic E-state index is 0.0394. The number of ether oxygens (including phenoxy) is 1. The van der Waals surface area contributed by atoms with E-state index < -0.39 is 0 Å². The highest BCUT2D eigenvalue weighted by Gasteiger charge is 2.49. The van der Waals surface area contributed by atoms with Crippen LogP contribution < -0.4 is 9.64 Å². The molecule has 0 saturated carbocycles. The second-order valence-corrected chi connectivity index (χ2v) is 7.23. The molecule has 2 aliphatic rings. The monoisotopic (exact) mass is 350 g/mol. The van der Waals surface area contributed by atoms with Gasteiger partial charge in [0.25, 0.3) is 0 Å². The van der Waals surface area contributed by atoms with Crippen LogP contribution in [0.15, 0.2) is 54.6 Å². The first-order chi connectivity index (χ1) is 12.8. The Bertz CT molecular complexity index is 738. The first-order valence-corrected chi connectivity index (χ1v) is 9.52. The van der Waals surface area contributed by atoms with Crippen LogP contribution in [-0.2, 0) is 4.79 Å². The maximum atomic E-state index is 13.0. The van der Waals surface area contributed by atoms with E-state index in [9.17, 15) is 4.79 Å². The number of piperidine rings is 1. The number of β-lactam (4-membered cyclic amide) rings is 1. The van der Waals surface area contributed by atoms with E-state index in [-0.39, 0.29) is 17.9 Å². The second kappa shape index (κ2) is 7.50. The summed E-state index contributed by atoms with van der Waals surface area (Å²) in [4.78, 5) is 17.5. The van der Waals surface area contributed by atoms with Gasteiger partial charge in [0.05, 0.1) is 19.1 Å². The van der Waals surface area contributed by atoms with E-state index in [1.807, 2.05) is 35.2 Å². The lowest BCUT2D eigenvalue weighted by molar-refractivity contribution is -0.131. The molecule has 2 fully saturated rings. The Kier molecular flexibility index (Phi) is 4.93. The molecule has 2 atom stereocenters. The van der Waals surface area contributed by atoms with Crippen molar-refractivity contribution in [1.29, 1.82) is 0 Å². The highest BCUT2D eigenvalue weighted by Crippen LogP contribution is 2.44. The van der Waals surface area contributed by atoms with Crippen molar-refractivity contribution in [3.8, 4) is 5.75 Å². The van der Waals surface area contributed by atoms with Gasteiger partial charge in [-0.05, 0) is 55.8 Å². The quantitative estimate of drug-likeness (QED) is 0.767. The molecule has 26 heavy (non-hydrogen) atoms. The van der Waals surface area contributed by atoms with Gasteiger partial charge < -0.3 is 14.5 Å². The third-order valence-electron chi connectivity index (χ3n) is 5.61. The van der Waals surface area contributed by atoms with Crippen LogP contribution in [0.25, 0.3) is 0 Å². The molecule has 4 heteroatoms. The molecular formula is C22H26N2O2. The Hall–Kier alpha value is -2.33. The number of rotatable bonds is 5. The minimum Gasteiger partial charge on any atom is -0.497 e. The van der Waals surface area contributed by atoms with Crippen molar-refractivity contribution in [2.24, 2.45) is 5.92 Å². The molecule has 0 aliphatic carbocycles. The van der Waals surface area contributed by atoms with Crippen LogP contribution in [0.4, 0.5) is 5.69 Å². The molecule has 0 aromatic heterocycles. The largest absolute Gasteiger partial charge is 0.497 e. The summed E-state index contributed by atoms with van der Waals surface area (Å²) in [5, 5.41) is 0. The van der Waals surface area contributed by atoms with Gasteiger partial charge >= 0.3 is 0 Å². The number of carbonyl (C=O) groups is 1. The van der Waals surface area contributed by atoms with Crippen LogP contribution in [-0.4, -0.2) is 37.6 Å². The Labute approximate surface area is 155 Å². The molecule has 0 spiro atoms. The van der Waals surface area contributed by atoms with Crippen LogP contribution >= 0.6 is 0 Å². The predicted octanol–water partition coefficient (Wildman–Crippen LogP) is 3.89. The predicted molar refractivity (Wildman–Crippen MR) is 103 cm³/mol. The molecule has 0 radical (unpaired) electrons. The Morgan fingerprint density at radius 1 is 0.962 bits per heavy atom. The zero-order chi connectivity index (χ0) is 17.9. The van der Waals surface area contributed by atoms with Crippen molar-refractivity contribution < 1.29 is 9.53 Å². The van der Waals surface area contributed by atoms with Gasteiger partial charge in [-0.3, -0.25) is 4.79 Å². The first kappa shape index (κ1) is 17.1. The second-order valence-electron chi connectivity index (χ2n) is 7.23. The third-order valence-corrected chi connectivity index (χ3v) is 5.61. The summed E-state index contributed by atoms with van der Waals surface area (Å²) < 4.78 is 5.25. The van der Waals surface area contributed by atoms with Gasteiger partial charge in [-0.15, -0.1) is 0 Å². The smallest absolute Gasteiger partial charge is 0.234 e. The third kappa shape index (κ3) is 3.21. The molecule has 0 N–H and O–H groups in total. The normalized spacial score (nSPS) is 23.6. The molecule has 2 aromatic carbocycles. The van der Waals surface area contributed by atoms with Gasteiger partial charge in [0.1, 0.15) is 5.75 Å². The number of likely N-dealkylation sites (tertiary alicyclic amines) is 1. The van der Waals surface area contributed by atoms with Crippen molar-refractivity contribution >= 4 is 11.6 Å². The highest BCUT2D eigenvalue weighted by molar-refractivity contribution is 6.03. The van der Waals surface area contributed by atoms with E-state index in [0.29, 0.717) is 0 Å². The number of anilines is 1. The lowest BCUT2D eigenvalue weighted by atomic mass is 9.81. The molecule has 0 bridgehead atoms. The van der Waals surface area contributed by atoms with Crippen molar-refractivity contribution in [3.05, 3.63) is 60.2 Å². The summed E-state index contributed by atoms with van der Waals surface area (Å²) >= 11 is 0. The molecule has 136 valence electrons. The van der Waals surface area contributed by atoms with Crippen LogP contribution in [0.2, 0.25) is 0 Å². The van der Waals surface area contributed by atoms with E-state index in [1.54, 1.807) is 7.11 Å². The molecule has 0 unspecified atom stereocenters. The first-order valence-electron chi connectivity index (χ1n) is 9.52. The van der Waals surface area contributed by atoms with Gasteiger partial charge in [-0.1, -0.05) is 36.8 Å². The fourth-order valence-corrected chi connectivity index (χ4v) is 4.21. The van der Waals surface area contributed by atoms with Crippen molar-refractivity contribution in [1.82, 2.24) is 4.90 Å². The lowest BCUT2D eigenvalue weighted by Gasteiger charge is -2.49. The Balaban J connectivity index is 1.59. The SMILES string of the molecule is COc1ccc(N2C(=O)[C@H](CN3CCCCC3)[C@@H]2c2ccccc2)cc1. The zero-order valence-electron chi connectivity index (χ0n) is 15.3. The maximum absolute atomic E-state index is 13.0. The van der Waals surface area contributed by atoms with Crippen molar-refractivity contribution in [2.45, 2.75) is 25.3 Å². The molecule has 4 rings (SSSR count). The van der Waals surface area contributed by atoms with Crippen LogP contribution in [0.3, 0.4) is 0 Å². The Morgan fingerprint density at radius 2 is 1.65 bits per heavy atom. The van der Waals surface area contributed by atoms with E-state index >= 15 is 0 Å². The van der Waals surface area contributed by atoms with Crippen LogP contribution in [0, 0.1) is 5.92 Å². The molecular weight excluding hydrogens is 324 g/mol. The van der Waals surface area contributed by atoms with E-state index in [1.165, 1.54) is 24.8 Å². The number of amides is 1. The summed E-state index contributed by atoms with van der Waals surface area (Å²) in [5.41, 5.74) is 2.16. The average Bonchev–Trinajstić information content (AvgIpc) is 2.71. The number of hydrogen-bond acceptors (Lipinski definition) is 3. The fourth-order valence-electron chi connectivity index (χ4n) is 4.21. The molecule has 4 nitrogen and oxygen atoms in total. The molecule has 2 aromatic rings. The average molecular weight is 350 g/mol. The molecule has 2 aliphatic heterocycles. The van der Waals surface area contributed by atoms with Gasteiger partial charge in [-0.2, -0.15) is 0 Å². The standard InChI is InChI=1S/C22H26N2O2/c1-26-19-12-10-18(11-13-19)24-21(17-8-4-2-5-9-17)20(22(24)25)16-23-14-6-3-7-15-23/h2,4-5,8-13,20-21H,3,6-7,14-16H2,1H3/t20-,21+/m1/s1. The minimum absolute atomic E-state index is 0.0394. The van der Waals surface area contributed by atoms with E-state index in [2.05, 4.69) is 29.2 Å². The highest BCUT2D eigenvalue weighted by atomic mass is 16.5. The van der Waals surface area contributed by atoms with Crippen molar-refractivity contribution in [2.75, 3.05) is 31.6 Å². The summed E-state index contributed by atoms with van der Waals surface area (Å²) in [6.45, 7) is 3.10. The van der Waals surface area contributed by atoms with E-state index in [4.69, 9.17) is 4.74 Å². The van der Waals surface area contributed by atoms with Gasteiger partial charge in [0.2, 0.25) is 5.91 Å². The van der Waals surface area contributed by atoms with Gasteiger partial charge in [0.15, 0.2) is 0 Å². The van der Waals surface area contributed by atoms with E-state index in [0.717, 1.165) is 31.1 Å². The fraction of sp³-hybridized carbons (Fsp3) is 0.409. The topological polar surface area (TPSA) is 32.8 Å². The zero-order valence-corrected chi connectivity index (χ0v) is 15.3. The molecule has 1 amide bonds. The maximum Gasteiger partial charge on any atom is 0.234 e. The van der Waals surface area contributed by atoms with Crippen LogP contribution in [0.5, 0.6) is 5.75 Å². The summed E-state index contributed by atoms with van der Waals surface area (Å²) in [7, 11) is 1.66. The summed E-state index contributed by atoms with van der Waals surface area (Å²) in [6.07, 6.45) is 3.81. The summed E-state index contributed by atoms with van der Waals surface area (Å²) in [5.74, 6) is 1.08. The summed E-state index contributed by atoms with van der Waals surface area (Å²) in [6, 6.07) is 18.3. The number of carbonyl (C=O) groups excluding carboxylic acids is 1. The van der Waals surface area contributed by atoms with Gasteiger partial charge in [0, 0.05) is 12.2 Å². The number of hydrogen-bond donors (Lipinski definition) is 0. The Morgan fingerprint density at radius 3 is 2.31 bits per heavy atom. The number of nitrogens with zero attached hydrogens (tertiary/aromatic N) is 2.